The summed E-state index contributed by atoms with van der Waals surface area (Å²) in [5.41, 5.74) is -0.633. The van der Waals surface area contributed by atoms with E-state index in [4.69, 9.17) is 0 Å². The number of halogens is 3. The molecule has 0 aliphatic heterocycles. The van der Waals surface area contributed by atoms with E-state index < -0.39 is 11.9 Å². The van der Waals surface area contributed by atoms with E-state index in [1.807, 2.05) is 0 Å². The van der Waals surface area contributed by atoms with E-state index in [0.29, 0.717) is 10.6 Å². The topological polar surface area (TPSA) is 43.1 Å². The fraction of sp³-hybridized carbons (Fsp3) is 0.100. The normalized spacial score (nSPS) is 12.2. The number of hydrogen-bond donors (Lipinski definition) is 0. The predicted octanol–water partition coefficient (Wildman–Crippen LogP) is 2.87. The third kappa shape index (κ3) is 1.74. The summed E-state index contributed by atoms with van der Waals surface area (Å²) in [5.74, 6) is -0.0618. The first-order valence-corrected chi connectivity index (χ1v) is 5.75. The number of rotatable bonds is 1. The molecule has 18 heavy (non-hydrogen) atoms. The molecule has 0 atom stereocenters. The quantitative estimate of drug-likeness (QED) is 0.683. The van der Waals surface area contributed by atoms with Crippen LogP contribution >= 0.6 is 11.3 Å². The van der Waals surface area contributed by atoms with Crippen molar-refractivity contribution >= 4 is 17.1 Å². The van der Waals surface area contributed by atoms with Gasteiger partial charge >= 0.3 is 6.18 Å². The highest BCUT2D eigenvalue weighted by atomic mass is 32.1. The highest BCUT2D eigenvalue weighted by molar-refractivity contribution is 7.13. The molecule has 0 N–H and O–H groups in total. The monoisotopic (exact) mass is 270 g/mol. The second-order valence-corrected chi connectivity index (χ2v) is 4.42. The Labute approximate surface area is 103 Å². The van der Waals surface area contributed by atoms with Gasteiger partial charge in [-0.15, -0.1) is 11.3 Å². The van der Waals surface area contributed by atoms with E-state index >= 15 is 0 Å². The number of thiophene rings is 1. The van der Waals surface area contributed by atoms with Gasteiger partial charge in [0.05, 0.1) is 10.6 Å². The molecular formula is C10H5F3N4S. The van der Waals surface area contributed by atoms with E-state index in [1.165, 1.54) is 22.2 Å². The Balaban J connectivity index is 2.32. The number of hydrogen-bond acceptors (Lipinski definition) is 4. The van der Waals surface area contributed by atoms with Crippen LogP contribution in [0.2, 0.25) is 0 Å². The minimum atomic E-state index is -4.50. The van der Waals surface area contributed by atoms with Crippen LogP contribution in [0.1, 0.15) is 5.69 Å². The Morgan fingerprint density at radius 3 is 2.78 bits per heavy atom. The first kappa shape index (κ1) is 11.1. The molecule has 0 saturated heterocycles. The second-order valence-electron chi connectivity index (χ2n) is 3.47. The van der Waals surface area contributed by atoms with Gasteiger partial charge in [-0.25, -0.2) is 4.98 Å². The molecule has 0 radical (unpaired) electrons. The predicted molar refractivity (Wildman–Crippen MR) is 59.1 cm³/mol. The van der Waals surface area contributed by atoms with Gasteiger partial charge in [-0.05, 0) is 17.5 Å². The molecule has 0 unspecified atom stereocenters. The number of nitrogens with zero attached hydrogens (tertiary/aromatic N) is 4. The summed E-state index contributed by atoms with van der Waals surface area (Å²) in [4.78, 5) is 7.83. The first-order valence-electron chi connectivity index (χ1n) is 4.87. The molecule has 3 aromatic heterocycles. The molecule has 0 aromatic carbocycles. The molecule has 0 spiro atoms. The van der Waals surface area contributed by atoms with E-state index in [1.54, 1.807) is 17.5 Å². The molecule has 0 saturated carbocycles. The Kier molecular flexibility index (Phi) is 2.34. The molecule has 0 aliphatic rings. The molecule has 4 nitrogen and oxygen atoms in total. The zero-order valence-corrected chi connectivity index (χ0v) is 9.53. The summed E-state index contributed by atoms with van der Waals surface area (Å²) in [6.45, 7) is 0. The van der Waals surface area contributed by atoms with Crippen LogP contribution < -0.4 is 0 Å². The highest BCUT2D eigenvalue weighted by Gasteiger charge is 2.34. The van der Waals surface area contributed by atoms with Crippen LogP contribution in [0.5, 0.6) is 0 Å². The lowest BCUT2D eigenvalue weighted by Crippen LogP contribution is -2.10. The highest BCUT2D eigenvalue weighted by Crippen LogP contribution is 2.32. The fourth-order valence-electron chi connectivity index (χ4n) is 1.56. The van der Waals surface area contributed by atoms with Crippen molar-refractivity contribution in [1.29, 1.82) is 0 Å². The van der Waals surface area contributed by atoms with Gasteiger partial charge in [0.25, 0.3) is 5.78 Å². The average molecular weight is 270 g/mol. The molecule has 0 amide bonds. The maximum absolute atomic E-state index is 12.7. The first-order chi connectivity index (χ1) is 8.55. The smallest absolute Gasteiger partial charge is 0.206 e. The van der Waals surface area contributed by atoms with Crippen LogP contribution in [0.3, 0.4) is 0 Å². The summed E-state index contributed by atoms with van der Waals surface area (Å²) in [5, 5.41) is 5.66. The van der Waals surface area contributed by atoms with Crippen molar-refractivity contribution in [3.05, 3.63) is 35.6 Å². The molecule has 0 aliphatic carbocycles. The van der Waals surface area contributed by atoms with Crippen LogP contribution in [0.15, 0.2) is 29.9 Å². The maximum atomic E-state index is 12.7. The van der Waals surface area contributed by atoms with Crippen LogP contribution in [0.25, 0.3) is 16.3 Å². The minimum absolute atomic E-state index is 0.0618. The lowest BCUT2D eigenvalue weighted by Gasteiger charge is -2.08. The molecular weight excluding hydrogens is 265 g/mol. The third-order valence-corrected chi connectivity index (χ3v) is 3.21. The lowest BCUT2D eigenvalue weighted by atomic mass is 10.3. The van der Waals surface area contributed by atoms with Crippen molar-refractivity contribution in [3.63, 3.8) is 0 Å². The summed E-state index contributed by atoms with van der Waals surface area (Å²) < 4.78 is 39.5. The van der Waals surface area contributed by atoms with E-state index in [0.717, 1.165) is 6.07 Å². The van der Waals surface area contributed by atoms with Crippen molar-refractivity contribution < 1.29 is 13.2 Å². The van der Waals surface area contributed by atoms with Crippen LogP contribution in [-0.4, -0.2) is 19.6 Å². The summed E-state index contributed by atoms with van der Waals surface area (Å²) in [7, 11) is 0. The zero-order chi connectivity index (χ0) is 12.8. The average Bonchev–Trinajstić information content (AvgIpc) is 2.97. The summed E-state index contributed by atoms with van der Waals surface area (Å²) in [6, 6.07) is 4.46. The molecule has 0 fully saturated rings. The van der Waals surface area contributed by atoms with E-state index in [9.17, 15) is 13.2 Å². The number of fused-ring (bicyclic) bond motifs is 1. The lowest BCUT2D eigenvalue weighted by molar-refractivity contribution is -0.141. The van der Waals surface area contributed by atoms with Crippen LogP contribution in [-0.2, 0) is 6.18 Å². The van der Waals surface area contributed by atoms with E-state index in [-0.39, 0.29) is 5.78 Å². The molecule has 3 rings (SSSR count). The van der Waals surface area contributed by atoms with Crippen molar-refractivity contribution in [1.82, 2.24) is 19.6 Å². The largest absolute Gasteiger partial charge is 0.433 e. The van der Waals surface area contributed by atoms with Gasteiger partial charge in [0.2, 0.25) is 0 Å². The van der Waals surface area contributed by atoms with Crippen molar-refractivity contribution in [2.75, 3.05) is 0 Å². The van der Waals surface area contributed by atoms with Gasteiger partial charge in [0.15, 0.2) is 5.69 Å². The van der Waals surface area contributed by atoms with Crippen molar-refractivity contribution in [3.8, 4) is 10.6 Å². The summed E-state index contributed by atoms with van der Waals surface area (Å²) >= 11 is 1.33. The number of aromatic nitrogens is 4. The van der Waals surface area contributed by atoms with Crippen molar-refractivity contribution in [2.24, 2.45) is 0 Å². The molecule has 0 bridgehead atoms. The standard InChI is InChI=1S/C10H5F3N4S/c11-10(12,13)8-4-6(7-2-1-3-18-7)17-9(16-8)14-5-15-17/h1-5H. The minimum Gasteiger partial charge on any atom is -0.206 e. The van der Waals surface area contributed by atoms with Gasteiger partial charge in [-0.2, -0.15) is 27.8 Å². The second kappa shape index (κ2) is 3.77. The molecule has 92 valence electrons. The Morgan fingerprint density at radius 2 is 2.11 bits per heavy atom. The Hall–Kier alpha value is -1.96. The Morgan fingerprint density at radius 1 is 1.28 bits per heavy atom. The van der Waals surface area contributed by atoms with Crippen LogP contribution in [0.4, 0.5) is 13.2 Å². The summed E-state index contributed by atoms with van der Waals surface area (Å²) in [6.07, 6.45) is -3.32. The SMILES string of the molecule is FC(F)(F)c1cc(-c2cccs2)n2ncnc2n1. The van der Waals surface area contributed by atoms with Gasteiger partial charge in [-0.3, -0.25) is 0 Å². The van der Waals surface area contributed by atoms with E-state index in [2.05, 4.69) is 15.1 Å². The molecule has 3 heterocycles. The van der Waals surface area contributed by atoms with Gasteiger partial charge in [-0.1, -0.05) is 6.07 Å². The van der Waals surface area contributed by atoms with Gasteiger partial charge in [0, 0.05) is 0 Å². The molecule has 3 aromatic rings. The fourth-order valence-corrected chi connectivity index (χ4v) is 2.28. The van der Waals surface area contributed by atoms with Gasteiger partial charge in [0.1, 0.15) is 6.33 Å². The van der Waals surface area contributed by atoms with Crippen LogP contribution in [0, 0.1) is 0 Å². The van der Waals surface area contributed by atoms with Gasteiger partial charge < -0.3 is 0 Å². The zero-order valence-electron chi connectivity index (χ0n) is 8.72. The third-order valence-electron chi connectivity index (χ3n) is 2.32. The van der Waals surface area contributed by atoms with Crippen molar-refractivity contribution in [2.45, 2.75) is 6.18 Å². The Bertz CT molecular complexity index is 687. The molecule has 8 heteroatoms. The maximum Gasteiger partial charge on any atom is 0.433 e. The number of alkyl halides is 3.